The summed E-state index contributed by atoms with van der Waals surface area (Å²) in [6, 6.07) is 5.65. The summed E-state index contributed by atoms with van der Waals surface area (Å²) < 4.78 is 37.4. The topological polar surface area (TPSA) is 181 Å². The van der Waals surface area contributed by atoms with E-state index in [4.69, 9.17) is 33.4 Å². The number of piperidine rings is 1. The number of carbonyl (C=O) groups is 1. The van der Waals surface area contributed by atoms with Crippen LogP contribution in [0.15, 0.2) is 47.8 Å². The van der Waals surface area contributed by atoms with Crippen molar-refractivity contribution in [3.63, 3.8) is 0 Å². The molecule has 0 aromatic carbocycles. The van der Waals surface area contributed by atoms with Gasteiger partial charge in [-0.1, -0.05) is 40.7 Å². The maximum absolute atomic E-state index is 12.8. The van der Waals surface area contributed by atoms with Crippen LogP contribution in [0.2, 0.25) is 0 Å². The van der Waals surface area contributed by atoms with Gasteiger partial charge >= 0.3 is 0 Å². The van der Waals surface area contributed by atoms with E-state index in [9.17, 15) is 9.59 Å². The van der Waals surface area contributed by atoms with Gasteiger partial charge in [-0.15, -0.1) is 0 Å². The smallest absolute Gasteiger partial charge is 0.254 e. The molecule has 2 aliphatic rings. The molecule has 5 heterocycles. The van der Waals surface area contributed by atoms with E-state index in [-0.39, 0.29) is 28.3 Å². The van der Waals surface area contributed by atoms with Crippen molar-refractivity contribution in [3.8, 4) is 0 Å². The van der Waals surface area contributed by atoms with E-state index in [1.807, 2.05) is 34.9 Å². The predicted octanol–water partition coefficient (Wildman–Crippen LogP) is 4.64. The Labute approximate surface area is 383 Å². The lowest BCUT2D eigenvalue weighted by molar-refractivity contribution is -0.0366. The first-order valence-electron chi connectivity index (χ1n) is 23.3. The van der Waals surface area contributed by atoms with Gasteiger partial charge in [0.15, 0.2) is 5.65 Å². The van der Waals surface area contributed by atoms with Crippen LogP contribution in [0.5, 0.6) is 0 Å². The Balaban J connectivity index is 0.728. The van der Waals surface area contributed by atoms with Gasteiger partial charge < -0.3 is 53.4 Å². The van der Waals surface area contributed by atoms with E-state index in [0.29, 0.717) is 110 Å². The van der Waals surface area contributed by atoms with Gasteiger partial charge in [0.2, 0.25) is 5.95 Å². The fourth-order valence-corrected chi connectivity index (χ4v) is 8.92. The van der Waals surface area contributed by atoms with Crippen molar-refractivity contribution in [2.75, 3.05) is 121 Å². The second-order valence-corrected chi connectivity index (χ2v) is 18.2. The molecule has 1 saturated heterocycles. The minimum absolute atomic E-state index is 0.0708. The Hall–Kier alpha value is -4.72. The maximum atomic E-state index is 12.8. The second-order valence-electron chi connectivity index (χ2n) is 18.2. The number of carbonyl (C=O) groups excluding carboxylic acids is 1. The Morgan fingerprint density at radius 1 is 0.800 bits per heavy atom. The molecule has 358 valence electrons. The van der Waals surface area contributed by atoms with Gasteiger partial charge in [0.25, 0.3) is 11.5 Å². The lowest BCUT2D eigenvalue weighted by Gasteiger charge is -2.57. The molecule has 1 aliphatic heterocycles. The molecular weight excluding hydrogens is 833 g/mol. The van der Waals surface area contributed by atoms with Crippen molar-refractivity contribution in [1.82, 2.24) is 34.4 Å². The predicted molar refractivity (Wildman–Crippen MR) is 250 cm³/mol. The highest BCUT2D eigenvalue weighted by Gasteiger charge is 2.53. The van der Waals surface area contributed by atoms with Crippen LogP contribution in [-0.2, 0) is 47.9 Å². The summed E-state index contributed by atoms with van der Waals surface area (Å²) >= 11 is 0. The van der Waals surface area contributed by atoms with Crippen LogP contribution in [0.25, 0.3) is 5.65 Å². The van der Waals surface area contributed by atoms with E-state index in [2.05, 4.69) is 71.3 Å². The van der Waals surface area contributed by atoms with Crippen LogP contribution in [0.3, 0.4) is 0 Å². The van der Waals surface area contributed by atoms with Gasteiger partial charge in [-0.05, 0) is 48.5 Å². The molecule has 4 aromatic heterocycles. The summed E-state index contributed by atoms with van der Waals surface area (Å²) in [6.07, 6.45) is 12.5. The highest BCUT2D eigenvalue weighted by molar-refractivity contribution is 5.94. The maximum Gasteiger partial charge on any atom is 0.254 e. The standard InChI is InChI=1S/C47H72N10O8/c1-7-37-33-51-57-39(29-40(52-42(37)57)55-13-9-8-10-14-55)48-30-36-11-12-41(58)56(34-36)16-18-61-20-22-63-24-26-65-28-27-64-25-23-62-21-19-60-17-15-54(6)45-49-31-38(32-50-45)43(59)53-44-46(2,3)35-47(44,4)5/h11-12,29,31-34,44,48H,7-10,13-28,30,35H2,1-6H3,(H,53,59). The van der Waals surface area contributed by atoms with Crippen molar-refractivity contribution < 1.29 is 33.2 Å². The molecule has 0 spiro atoms. The number of aromatic nitrogens is 6. The number of aryl methyl sites for hydroxylation is 1. The number of likely N-dealkylation sites (N-methyl/N-ethyl adjacent to an activating group) is 1. The Morgan fingerprint density at radius 2 is 1.38 bits per heavy atom. The molecule has 0 radical (unpaired) electrons. The zero-order valence-corrected chi connectivity index (χ0v) is 39.5. The number of amides is 1. The van der Waals surface area contributed by atoms with Crippen LogP contribution in [0.4, 0.5) is 17.6 Å². The van der Waals surface area contributed by atoms with Gasteiger partial charge in [-0.25, -0.2) is 15.0 Å². The second kappa shape index (κ2) is 24.7. The van der Waals surface area contributed by atoms with E-state index in [1.165, 1.54) is 19.3 Å². The molecule has 1 saturated carbocycles. The molecule has 6 rings (SSSR count). The molecule has 0 unspecified atom stereocenters. The lowest BCUT2D eigenvalue weighted by Crippen LogP contribution is -2.63. The highest BCUT2D eigenvalue weighted by Crippen LogP contribution is 2.53. The zero-order valence-electron chi connectivity index (χ0n) is 39.5. The quantitative estimate of drug-likeness (QED) is 0.0720. The normalized spacial score (nSPS) is 15.9. The fourth-order valence-electron chi connectivity index (χ4n) is 8.92. The molecule has 1 amide bonds. The first-order valence-corrected chi connectivity index (χ1v) is 23.3. The average Bonchev–Trinajstić information content (AvgIpc) is 3.73. The molecule has 0 bridgehead atoms. The first kappa shape index (κ1) is 49.7. The highest BCUT2D eigenvalue weighted by atomic mass is 16.6. The van der Waals surface area contributed by atoms with Crippen LogP contribution in [0, 0.1) is 10.8 Å². The molecule has 0 atom stereocenters. The minimum atomic E-state index is -0.143. The number of fused-ring (bicyclic) bond motifs is 1. The monoisotopic (exact) mass is 905 g/mol. The van der Waals surface area contributed by atoms with E-state index >= 15 is 0 Å². The number of anilines is 3. The molecule has 18 heteroatoms. The Morgan fingerprint density at radius 3 is 1.97 bits per heavy atom. The summed E-state index contributed by atoms with van der Waals surface area (Å²) in [6.45, 7) is 19.9. The zero-order chi connectivity index (χ0) is 46.1. The van der Waals surface area contributed by atoms with Gasteiger partial charge in [0.05, 0.1) is 91.0 Å². The third kappa shape index (κ3) is 14.6. The molecule has 1 aliphatic carbocycles. The van der Waals surface area contributed by atoms with E-state index < -0.39 is 0 Å². The van der Waals surface area contributed by atoms with Crippen molar-refractivity contribution in [2.45, 2.75) is 85.9 Å². The van der Waals surface area contributed by atoms with Gasteiger partial charge in [-0.2, -0.15) is 9.61 Å². The average molecular weight is 905 g/mol. The molecule has 2 fully saturated rings. The first-order chi connectivity index (χ1) is 31.4. The summed E-state index contributed by atoms with van der Waals surface area (Å²) in [5, 5.41) is 11.3. The van der Waals surface area contributed by atoms with Crippen molar-refractivity contribution in [1.29, 1.82) is 0 Å². The van der Waals surface area contributed by atoms with E-state index in [1.54, 1.807) is 23.0 Å². The fraction of sp³-hybridized carbons (Fsp3) is 0.660. The van der Waals surface area contributed by atoms with Gasteiger partial charge in [0.1, 0.15) is 11.6 Å². The molecule has 4 aromatic rings. The van der Waals surface area contributed by atoms with Gasteiger partial charge in [0, 0.05) is 82.1 Å². The number of nitrogens with zero attached hydrogens (tertiary/aromatic N) is 8. The lowest BCUT2D eigenvalue weighted by atomic mass is 9.52. The SMILES string of the molecule is CCc1cnn2c(NCc3ccc(=O)n(CCOCCOCCOCCOCCOCCOCCN(C)c4ncc(C(=O)NC5C(C)(C)CC5(C)C)cn4)c3)cc(N3CCCCC3)nc12. The number of pyridine rings is 1. The minimum Gasteiger partial charge on any atom is -0.377 e. The van der Waals surface area contributed by atoms with Crippen molar-refractivity contribution in [3.05, 3.63) is 70.0 Å². The molecule has 2 N–H and O–H groups in total. The van der Waals surface area contributed by atoms with Crippen LogP contribution < -0.4 is 26.0 Å². The summed E-state index contributed by atoms with van der Waals surface area (Å²) in [5.74, 6) is 2.25. The third-order valence-corrected chi connectivity index (χ3v) is 12.0. The summed E-state index contributed by atoms with van der Waals surface area (Å²) in [7, 11) is 1.89. The largest absolute Gasteiger partial charge is 0.377 e. The van der Waals surface area contributed by atoms with Crippen LogP contribution >= 0.6 is 0 Å². The molecule has 65 heavy (non-hydrogen) atoms. The van der Waals surface area contributed by atoms with Crippen molar-refractivity contribution in [2.24, 2.45) is 10.8 Å². The van der Waals surface area contributed by atoms with Crippen molar-refractivity contribution >= 4 is 29.1 Å². The van der Waals surface area contributed by atoms with Gasteiger partial charge in [-0.3, -0.25) is 9.59 Å². The van der Waals surface area contributed by atoms with Crippen LogP contribution in [-0.4, -0.2) is 147 Å². The number of hydrogen-bond acceptors (Lipinski definition) is 15. The number of ether oxygens (including phenoxy) is 6. The summed E-state index contributed by atoms with van der Waals surface area (Å²) in [4.78, 5) is 43.4. The van der Waals surface area contributed by atoms with E-state index in [0.717, 1.165) is 54.3 Å². The number of hydrogen-bond donors (Lipinski definition) is 2. The molecule has 18 nitrogen and oxygen atoms in total. The number of rotatable bonds is 29. The van der Waals surface area contributed by atoms with Crippen LogP contribution in [0.1, 0.15) is 81.8 Å². The number of nitrogens with one attached hydrogen (secondary N) is 2. The Bertz CT molecular complexity index is 2110. The Kier molecular flexibility index (Phi) is 18.9. The molecular formula is C47H72N10O8. The third-order valence-electron chi connectivity index (χ3n) is 12.0. The summed E-state index contributed by atoms with van der Waals surface area (Å²) in [5.41, 5.74) is 3.52.